The van der Waals surface area contributed by atoms with Gasteiger partial charge in [-0.25, -0.2) is 4.79 Å². The van der Waals surface area contributed by atoms with Gasteiger partial charge in [-0.1, -0.05) is 42.5 Å². The maximum atomic E-state index is 13.3. The van der Waals surface area contributed by atoms with Crippen molar-refractivity contribution in [1.29, 1.82) is 0 Å². The molecule has 40 heavy (non-hydrogen) atoms. The topological polar surface area (TPSA) is 191 Å². The van der Waals surface area contributed by atoms with E-state index in [-0.39, 0.29) is 25.1 Å². The summed E-state index contributed by atoms with van der Waals surface area (Å²) < 4.78 is 0. The Labute approximate surface area is 231 Å². The standard InChI is InChI=1S/C28H35N5O7/c1-17(29)25(36)30-16-24(35)33-13-5-8-23(33)27(38)31-21(14-18-6-3-2-4-7-18)26(37)32-22(28(39)40)15-19-9-11-20(34)12-10-19/h2-4,6-7,9-12,17,21-23,34H,5,8,13-16,29H2,1H3,(H,30,36)(H,31,38)(H,32,37)(H,39,40)/t17-,21-,22-,23-/m0/s1. The van der Waals surface area contributed by atoms with Crippen molar-refractivity contribution in [3.05, 3.63) is 65.7 Å². The van der Waals surface area contributed by atoms with Crippen molar-refractivity contribution >= 4 is 29.6 Å². The summed E-state index contributed by atoms with van der Waals surface area (Å²) >= 11 is 0. The largest absolute Gasteiger partial charge is 0.508 e. The molecule has 0 aliphatic carbocycles. The molecule has 0 radical (unpaired) electrons. The van der Waals surface area contributed by atoms with Crippen LogP contribution in [0, 0.1) is 0 Å². The maximum absolute atomic E-state index is 13.3. The van der Waals surface area contributed by atoms with Crippen LogP contribution in [0.1, 0.15) is 30.9 Å². The fraction of sp³-hybridized carbons (Fsp3) is 0.393. The molecule has 1 aliphatic heterocycles. The Morgan fingerprint density at radius 1 is 0.925 bits per heavy atom. The maximum Gasteiger partial charge on any atom is 0.326 e. The fourth-order valence-electron chi connectivity index (χ4n) is 4.43. The van der Waals surface area contributed by atoms with E-state index in [9.17, 15) is 34.2 Å². The van der Waals surface area contributed by atoms with Crippen LogP contribution in [0.4, 0.5) is 0 Å². The SMILES string of the molecule is C[C@H](N)C(=O)NCC(=O)N1CCC[C@H]1C(=O)N[C@@H](Cc1ccccc1)C(=O)N[C@@H](Cc1ccc(O)cc1)C(=O)O. The molecule has 3 rings (SSSR count). The highest BCUT2D eigenvalue weighted by molar-refractivity contribution is 5.95. The minimum Gasteiger partial charge on any atom is -0.508 e. The van der Waals surface area contributed by atoms with Gasteiger partial charge in [-0.15, -0.1) is 0 Å². The molecule has 0 spiro atoms. The molecule has 0 bridgehead atoms. The van der Waals surface area contributed by atoms with E-state index in [0.29, 0.717) is 24.9 Å². The molecule has 1 heterocycles. The Morgan fingerprint density at radius 3 is 2.17 bits per heavy atom. The number of phenolic OH excluding ortho intramolecular Hbond substituents is 1. The number of carboxylic acid groups (broad SMARTS) is 1. The number of carbonyl (C=O) groups excluding carboxylic acids is 4. The molecule has 2 aromatic rings. The lowest BCUT2D eigenvalue weighted by Gasteiger charge is -2.27. The van der Waals surface area contributed by atoms with Crippen LogP contribution >= 0.6 is 0 Å². The van der Waals surface area contributed by atoms with Gasteiger partial charge in [0.05, 0.1) is 12.6 Å². The molecule has 0 aromatic heterocycles. The number of hydrogen-bond acceptors (Lipinski definition) is 7. The van der Waals surface area contributed by atoms with E-state index in [1.54, 1.807) is 36.4 Å². The Bertz CT molecular complexity index is 1200. The second-order valence-electron chi connectivity index (χ2n) is 9.77. The highest BCUT2D eigenvalue weighted by Gasteiger charge is 2.36. The molecule has 0 saturated carbocycles. The first-order valence-corrected chi connectivity index (χ1v) is 13.0. The van der Waals surface area contributed by atoms with Crippen LogP contribution in [-0.2, 0) is 36.8 Å². The predicted octanol–water partition coefficient (Wildman–Crippen LogP) is -0.314. The molecule has 1 saturated heterocycles. The molecule has 2 aromatic carbocycles. The van der Waals surface area contributed by atoms with Gasteiger partial charge < -0.3 is 36.8 Å². The summed E-state index contributed by atoms with van der Waals surface area (Å²) in [6.07, 6.45) is 0.992. The first-order valence-electron chi connectivity index (χ1n) is 13.0. The van der Waals surface area contributed by atoms with Crippen molar-refractivity contribution < 1.29 is 34.2 Å². The number of likely N-dealkylation sites (tertiary alicyclic amines) is 1. The molecular formula is C28H35N5O7. The third-order valence-corrected chi connectivity index (χ3v) is 6.61. The Balaban J connectivity index is 1.73. The van der Waals surface area contributed by atoms with Crippen molar-refractivity contribution in [2.75, 3.05) is 13.1 Å². The normalized spacial score (nSPS) is 16.9. The Morgan fingerprint density at radius 2 is 1.55 bits per heavy atom. The van der Waals surface area contributed by atoms with E-state index in [2.05, 4.69) is 16.0 Å². The highest BCUT2D eigenvalue weighted by atomic mass is 16.4. The number of aliphatic carboxylic acids is 1. The molecule has 12 heteroatoms. The molecule has 0 unspecified atom stereocenters. The second kappa shape index (κ2) is 14.1. The zero-order chi connectivity index (χ0) is 29.2. The summed E-state index contributed by atoms with van der Waals surface area (Å²) in [5.74, 6) is -3.41. The molecule has 214 valence electrons. The summed E-state index contributed by atoms with van der Waals surface area (Å²) in [5.41, 5.74) is 6.84. The number of carbonyl (C=O) groups is 5. The van der Waals surface area contributed by atoms with E-state index in [0.717, 1.165) is 5.56 Å². The predicted molar refractivity (Wildman–Crippen MR) is 145 cm³/mol. The van der Waals surface area contributed by atoms with E-state index in [1.807, 2.05) is 6.07 Å². The van der Waals surface area contributed by atoms with Crippen LogP contribution in [-0.4, -0.2) is 82.0 Å². The number of rotatable bonds is 12. The highest BCUT2D eigenvalue weighted by Crippen LogP contribution is 2.18. The second-order valence-corrected chi connectivity index (χ2v) is 9.77. The number of nitrogens with one attached hydrogen (secondary N) is 3. The smallest absolute Gasteiger partial charge is 0.326 e. The van der Waals surface area contributed by atoms with Crippen LogP contribution in [0.2, 0.25) is 0 Å². The minimum atomic E-state index is -1.29. The molecule has 7 N–H and O–H groups in total. The van der Waals surface area contributed by atoms with Crippen LogP contribution < -0.4 is 21.7 Å². The number of nitrogens with two attached hydrogens (primary N) is 1. The van der Waals surface area contributed by atoms with Crippen LogP contribution in [0.5, 0.6) is 5.75 Å². The van der Waals surface area contributed by atoms with Crippen molar-refractivity contribution in [2.24, 2.45) is 5.73 Å². The fourth-order valence-corrected chi connectivity index (χ4v) is 4.43. The molecule has 12 nitrogen and oxygen atoms in total. The summed E-state index contributed by atoms with van der Waals surface area (Å²) in [7, 11) is 0. The van der Waals surface area contributed by atoms with E-state index in [4.69, 9.17) is 5.73 Å². The number of nitrogens with zero attached hydrogens (tertiary/aromatic N) is 1. The zero-order valence-corrected chi connectivity index (χ0v) is 22.2. The van der Waals surface area contributed by atoms with Gasteiger partial charge >= 0.3 is 5.97 Å². The number of phenols is 1. The summed E-state index contributed by atoms with van der Waals surface area (Å²) in [6, 6.07) is 10.9. The first kappa shape index (κ1) is 30.1. The Hall–Kier alpha value is -4.45. The van der Waals surface area contributed by atoms with Crippen LogP contribution in [0.25, 0.3) is 0 Å². The molecular weight excluding hydrogens is 518 g/mol. The van der Waals surface area contributed by atoms with Gasteiger partial charge in [-0.3, -0.25) is 19.2 Å². The number of carboxylic acids is 1. The lowest BCUT2D eigenvalue weighted by Crippen LogP contribution is -2.57. The lowest BCUT2D eigenvalue weighted by atomic mass is 10.0. The average Bonchev–Trinajstić information content (AvgIpc) is 3.42. The van der Waals surface area contributed by atoms with Gasteiger partial charge in [-0.2, -0.15) is 0 Å². The molecule has 1 fully saturated rings. The lowest BCUT2D eigenvalue weighted by molar-refractivity contribution is -0.142. The number of benzene rings is 2. The molecule has 4 atom stereocenters. The van der Waals surface area contributed by atoms with E-state index < -0.39 is 53.8 Å². The third kappa shape index (κ3) is 8.53. The minimum absolute atomic E-state index is 0.0288. The van der Waals surface area contributed by atoms with Gasteiger partial charge in [0.2, 0.25) is 23.6 Å². The van der Waals surface area contributed by atoms with Gasteiger partial charge in [0.25, 0.3) is 0 Å². The van der Waals surface area contributed by atoms with Gasteiger partial charge in [0.1, 0.15) is 23.9 Å². The third-order valence-electron chi connectivity index (χ3n) is 6.61. The van der Waals surface area contributed by atoms with Gasteiger partial charge in [0, 0.05) is 19.4 Å². The zero-order valence-electron chi connectivity index (χ0n) is 22.2. The number of hydrogen-bond donors (Lipinski definition) is 6. The van der Waals surface area contributed by atoms with Crippen molar-refractivity contribution in [3.8, 4) is 5.75 Å². The van der Waals surface area contributed by atoms with Crippen molar-refractivity contribution in [1.82, 2.24) is 20.9 Å². The van der Waals surface area contributed by atoms with Crippen molar-refractivity contribution in [2.45, 2.75) is 56.8 Å². The van der Waals surface area contributed by atoms with E-state index >= 15 is 0 Å². The van der Waals surface area contributed by atoms with Gasteiger partial charge in [-0.05, 0) is 43.0 Å². The average molecular weight is 554 g/mol. The van der Waals surface area contributed by atoms with Crippen LogP contribution in [0.15, 0.2) is 54.6 Å². The van der Waals surface area contributed by atoms with E-state index in [1.165, 1.54) is 24.0 Å². The number of amides is 4. The quantitative estimate of drug-likeness (QED) is 0.206. The van der Waals surface area contributed by atoms with Crippen molar-refractivity contribution in [3.63, 3.8) is 0 Å². The van der Waals surface area contributed by atoms with Crippen LogP contribution in [0.3, 0.4) is 0 Å². The summed E-state index contributed by atoms with van der Waals surface area (Å²) in [5, 5.41) is 26.9. The first-order chi connectivity index (χ1) is 19.0. The molecule has 4 amide bonds. The monoisotopic (exact) mass is 553 g/mol. The van der Waals surface area contributed by atoms with Gasteiger partial charge in [0.15, 0.2) is 0 Å². The summed E-state index contributed by atoms with van der Waals surface area (Å²) in [6.45, 7) is 1.49. The molecule has 1 aliphatic rings. The number of aromatic hydroxyl groups is 1. The summed E-state index contributed by atoms with van der Waals surface area (Å²) in [4.78, 5) is 64.5. The Kier molecular flexibility index (Phi) is 10.6.